The summed E-state index contributed by atoms with van der Waals surface area (Å²) in [5, 5.41) is 11.5. The Bertz CT molecular complexity index is 719. The Morgan fingerprint density at radius 1 is 1.41 bits per heavy atom. The predicted molar refractivity (Wildman–Crippen MR) is 98.4 cm³/mol. The fraction of sp³-hybridized carbons (Fsp3) is 0.438. The SMILES string of the molecule is COC1=C(C(=O)O)N2C(=O)C(NC(=O)C(N)C3=CCC=CC3)[C@@H]2SC1.O.O. The molecule has 0 radical (unpaired) electrons. The number of thioether (sulfide) groups is 1. The van der Waals surface area contributed by atoms with Gasteiger partial charge in [-0.25, -0.2) is 4.79 Å². The van der Waals surface area contributed by atoms with Crippen LogP contribution in [0.3, 0.4) is 0 Å². The lowest BCUT2D eigenvalue weighted by Crippen LogP contribution is -2.71. The van der Waals surface area contributed by atoms with Gasteiger partial charge in [0.1, 0.15) is 23.2 Å². The van der Waals surface area contributed by atoms with Crippen LogP contribution >= 0.6 is 11.8 Å². The number of nitrogens with zero attached hydrogens (tertiary/aromatic N) is 1. The van der Waals surface area contributed by atoms with Gasteiger partial charge in [0, 0.05) is 0 Å². The van der Waals surface area contributed by atoms with Crippen LogP contribution in [0.2, 0.25) is 0 Å². The van der Waals surface area contributed by atoms with Crippen LogP contribution in [0.5, 0.6) is 0 Å². The van der Waals surface area contributed by atoms with Crippen molar-refractivity contribution in [1.82, 2.24) is 10.2 Å². The molecule has 1 aliphatic carbocycles. The van der Waals surface area contributed by atoms with Crippen LogP contribution in [0.25, 0.3) is 0 Å². The molecule has 150 valence electrons. The van der Waals surface area contributed by atoms with E-state index in [2.05, 4.69) is 5.32 Å². The van der Waals surface area contributed by atoms with Crippen molar-refractivity contribution < 1.29 is 35.2 Å². The van der Waals surface area contributed by atoms with E-state index in [1.54, 1.807) is 0 Å². The van der Waals surface area contributed by atoms with Gasteiger partial charge in [-0.3, -0.25) is 14.5 Å². The first-order valence-corrected chi connectivity index (χ1v) is 8.85. The monoisotopic (exact) mass is 401 g/mol. The van der Waals surface area contributed by atoms with Gasteiger partial charge in [-0.1, -0.05) is 18.2 Å². The highest BCUT2D eigenvalue weighted by molar-refractivity contribution is 8.00. The molecule has 27 heavy (non-hydrogen) atoms. The quantitative estimate of drug-likeness (QED) is 0.361. The molecular formula is C16H23N3O7S. The van der Waals surface area contributed by atoms with Gasteiger partial charge >= 0.3 is 5.97 Å². The highest BCUT2D eigenvalue weighted by atomic mass is 32.2. The summed E-state index contributed by atoms with van der Waals surface area (Å²) in [4.78, 5) is 37.4. The number of carboxylic acids is 1. The van der Waals surface area contributed by atoms with Crippen LogP contribution in [0, 0.1) is 0 Å². The molecule has 3 atom stereocenters. The van der Waals surface area contributed by atoms with Gasteiger partial charge in [0.05, 0.1) is 12.9 Å². The first-order chi connectivity index (χ1) is 12.0. The summed E-state index contributed by atoms with van der Waals surface area (Å²) in [6.07, 6.45) is 7.20. The Hall–Kier alpha value is -2.34. The van der Waals surface area contributed by atoms with Crippen molar-refractivity contribution in [3.63, 3.8) is 0 Å². The maximum Gasteiger partial charge on any atom is 0.356 e. The van der Waals surface area contributed by atoms with E-state index in [0.29, 0.717) is 12.2 Å². The fourth-order valence-corrected chi connectivity index (χ4v) is 4.34. The van der Waals surface area contributed by atoms with Crippen molar-refractivity contribution >= 4 is 29.5 Å². The lowest BCUT2D eigenvalue weighted by molar-refractivity contribution is -0.151. The van der Waals surface area contributed by atoms with Crippen LogP contribution in [-0.2, 0) is 19.1 Å². The number of hydrogen-bond acceptors (Lipinski definition) is 6. The zero-order valence-electron chi connectivity index (χ0n) is 14.6. The molecule has 0 bridgehead atoms. The van der Waals surface area contributed by atoms with Gasteiger partial charge < -0.3 is 31.8 Å². The summed E-state index contributed by atoms with van der Waals surface area (Å²) in [5.41, 5.74) is 6.63. The number of rotatable bonds is 5. The van der Waals surface area contributed by atoms with Crippen molar-refractivity contribution in [2.75, 3.05) is 12.9 Å². The van der Waals surface area contributed by atoms with E-state index in [4.69, 9.17) is 10.5 Å². The summed E-state index contributed by atoms with van der Waals surface area (Å²) in [6, 6.07) is -1.60. The first-order valence-electron chi connectivity index (χ1n) is 7.80. The van der Waals surface area contributed by atoms with Crippen molar-refractivity contribution in [1.29, 1.82) is 0 Å². The molecule has 0 spiro atoms. The molecule has 11 heteroatoms. The molecule has 3 rings (SSSR count). The zero-order valence-corrected chi connectivity index (χ0v) is 15.4. The molecule has 2 aliphatic heterocycles. The number of nitrogens with one attached hydrogen (secondary N) is 1. The average molecular weight is 401 g/mol. The number of methoxy groups -OCH3 is 1. The number of nitrogens with two attached hydrogens (primary N) is 1. The van der Waals surface area contributed by atoms with Crippen molar-refractivity contribution in [3.8, 4) is 0 Å². The molecule has 1 saturated heterocycles. The molecule has 2 unspecified atom stereocenters. The summed E-state index contributed by atoms with van der Waals surface area (Å²) >= 11 is 1.35. The minimum Gasteiger partial charge on any atom is -0.498 e. The number of hydrogen-bond donors (Lipinski definition) is 3. The number of allylic oxidation sites excluding steroid dienone is 3. The van der Waals surface area contributed by atoms with Gasteiger partial charge in [-0.2, -0.15) is 0 Å². The second-order valence-electron chi connectivity index (χ2n) is 5.85. The van der Waals surface area contributed by atoms with E-state index in [1.165, 1.54) is 18.9 Å². The van der Waals surface area contributed by atoms with Gasteiger partial charge in [-0.15, -0.1) is 11.8 Å². The molecule has 0 aromatic carbocycles. The number of ether oxygens (including phenoxy) is 1. The smallest absolute Gasteiger partial charge is 0.356 e. The van der Waals surface area contributed by atoms with E-state index in [-0.39, 0.29) is 22.4 Å². The highest BCUT2D eigenvalue weighted by Gasteiger charge is 2.55. The summed E-state index contributed by atoms with van der Waals surface area (Å²) in [7, 11) is 1.37. The Morgan fingerprint density at radius 3 is 2.67 bits per heavy atom. The maximum atomic E-state index is 12.4. The maximum absolute atomic E-state index is 12.4. The standard InChI is InChI=1S/C16H19N3O5S.2H2O/c1-24-9-7-25-15-11(14(21)19(15)12(9)16(22)23)18-13(20)10(17)8-5-3-2-4-6-8;;/h2-3,6,10-11,15H,4-5,7,17H2,1H3,(H,18,20)(H,22,23);2*1H2/t10?,11?,15-;;/m0../s1. The minimum atomic E-state index is -1.23. The molecule has 0 aromatic heterocycles. The molecule has 0 saturated carbocycles. The summed E-state index contributed by atoms with van der Waals surface area (Å²) in [5.74, 6) is -1.57. The lowest BCUT2D eigenvalue weighted by Gasteiger charge is -2.49. The molecule has 2 amide bonds. The van der Waals surface area contributed by atoms with Gasteiger partial charge in [-0.05, 0) is 18.4 Å². The third kappa shape index (κ3) is 4.00. The Labute approximate surface area is 159 Å². The van der Waals surface area contributed by atoms with Gasteiger partial charge in [0.25, 0.3) is 5.91 Å². The predicted octanol–water partition coefficient (Wildman–Crippen LogP) is -1.72. The Morgan fingerprint density at radius 2 is 2.11 bits per heavy atom. The van der Waals surface area contributed by atoms with Gasteiger partial charge in [0.15, 0.2) is 5.70 Å². The van der Waals surface area contributed by atoms with Crippen molar-refractivity contribution in [3.05, 3.63) is 35.3 Å². The second kappa shape index (κ2) is 9.04. The van der Waals surface area contributed by atoms with Crippen LogP contribution in [0.4, 0.5) is 0 Å². The molecule has 10 nitrogen and oxygen atoms in total. The van der Waals surface area contributed by atoms with Crippen molar-refractivity contribution in [2.24, 2.45) is 5.73 Å². The molecule has 1 fully saturated rings. The fourth-order valence-electron chi connectivity index (χ4n) is 3.03. The van der Waals surface area contributed by atoms with Crippen LogP contribution in [0.1, 0.15) is 12.8 Å². The average Bonchev–Trinajstić information content (AvgIpc) is 2.64. The normalized spacial score (nSPS) is 24.4. The molecule has 0 aromatic rings. The third-order valence-corrected chi connectivity index (χ3v) is 5.65. The Balaban J connectivity index is 0.00000182. The van der Waals surface area contributed by atoms with E-state index >= 15 is 0 Å². The first kappa shape index (κ1) is 22.7. The third-order valence-electron chi connectivity index (χ3n) is 4.40. The summed E-state index contributed by atoms with van der Waals surface area (Å²) in [6.45, 7) is 0. The zero-order chi connectivity index (χ0) is 18.1. The van der Waals surface area contributed by atoms with E-state index in [1.807, 2.05) is 18.2 Å². The lowest BCUT2D eigenvalue weighted by atomic mass is 9.97. The van der Waals surface area contributed by atoms with Gasteiger partial charge in [0.2, 0.25) is 5.91 Å². The second-order valence-corrected chi connectivity index (χ2v) is 6.95. The van der Waals surface area contributed by atoms with E-state index in [9.17, 15) is 19.5 Å². The number of carbonyl (C=O) groups excluding carboxylic acids is 2. The largest absolute Gasteiger partial charge is 0.498 e. The van der Waals surface area contributed by atoms with Crippen LogP contribution < -0.4 is 11.1 Å². The highest BCUT2D eigenvalue weighted by Crippen LogP contribution is 2.40. The molecular weight excluding hydrogens is 378 g/mol. The Kier molecular flexibility index (Phi) is 7.60. The minimum absolute atomic E-state index is 0. The van der Waals surface area contributed by atoms with E-state index in [0.717, 1.165) is 16.9 Å². The number of β-lactam (4-membered cyclic amide) rings is 1. The number of aliphatic carboxylic acids is 1. The van der Waals surface area contributed by atoms with E-state index < -0.39 is 35.2 Å². The number of carbonyl (C=O) groups is 3. The number of fused-ring (bicyclic) bond motifs is 1. The summed E-state index contributed by atoms with van der Waals surface area (Å²) < 4.78 is 5.06. The molecule has 3 aliphatic rings. The number of carboxylic acid groups (broad SMARTS) is 1. The van der Waals surface area contributed by atoms with Crippen LogP contribution in [-0.4, -0.2) is 69.1 Å². The van der Waals surface area contributed by atoms with Crippen LogP contribution in [0.15, 0.2) is 35.3 Å². The number of amides is 2. The topological polar surface area (TPSA) is 185 Å². The molecule has 8 N–H and O–H groups in total. The molecule has 2 heterocycles. The van der Waals surface area contributed by atoms with Crippen molar-refractivity contribution in [2.45, 2.75) is 30.3 Å².